The van der Waals surface area contributed by atoms with Gasteiger partial charge in [0.15, 0.2) is 0 Å². The molecule has 3 nitrogen and oxygen atoms in total. The van der Waals surface area contributed by atoms with Crippen LogP contribution in [0.15, 0.2) is 12.7 Å². The molecule has 0 radical (unpaired) electrons. The Labute approximate surface area is 136 Å². The molecule has 1 heterocycles. The van der Waals surface area contributed by atoms with Gasteiger partial charge in [-0.2, -0.15) is 0 Å². The zero-order valence-corrected chi connectivity index (χ0v) is 14.4. The van der Waals surface area contributed by atoms with Crippen molar-refractivity contribution >= 4 is 0 Å². The standard InChI is InChI=1S/C19H36O3/c1-3-5-7-8-9-10-12-13-16(20)19-15-17(21)18(22-19)14-11-6-4-2/h3,16-21H,1,4-15H2,2H3/t16-,17-,18-,19+/m1/s1. The van der Waals surface area contributed by atoms with Crippen LogP contribution in [0.4, 0.5) is 0 Å². The second kappa shape index (κ2) is 12.1. The molecule has 0 aromatic carbocycles. The highest BCUT2D eigenvalue weighted by Gasteiger charge is 2.36. The zero-order chi connectivity index (χ0) is 16.2. The van der Waals surface area contributed by atoms with E-state index < -0.39 is 12.2 Å². The molecule has 4 atom stereocenters. The lowest BCUT2D eigenvalue weighted by molar-refractivity contribution is -0.0498. The summed E-state index contributed by atoms with van der Waals surface area (Å²) in [6.07, 6.45) is 13.7. The molecular formula is C19H36O3. The van der Waals surface area contributed by atoms with Crippen LogP contribution in [0.5, 0.6) is 0 Å². The van der Waals surface area contributed by atoms with Crippen molar-refractivity contribution in [2.75, 3.05) is 0 Å². The number of rotatable bonds is 13. The summed E-state index contributed by atoms with van der Waals surface area (Å²) in [6.45, 7) is 5.91. The van der Waals surface area contributed by atoms with E-state index in [2.05, 4.69) is 13.5 Å². The lowest BCUT2D eigenvalue weighted by atomic mass is 10.0. The van der Waals surface area contributed by atoms with E-state index in [-0.39, 0.29) is 12.2 Å². The lowest BCUT2D eigenvalue weighted by Gasteiger charge is -2.19. The average molecular weight is 312 g/mol. The Morgan fingerprint density at radius 2 is 1.86 bits per heavy atom. The molecule has 1 rings (SSSR count). The summed E-state index contributed by atoms with van der Waals surface area (Å²) < 4.78 is 5.88. The zero-order valence-electron chi connectivity index (χ0n) is 14.4. The number of unbranched alkanes of at least 4 members (excludes halogenated alkanes) is 7. The van der Waals surface area contributed by atoms with Crippen LogP contribution in [0.25, 0.3) is 0 Å². The first kappa shape index (κ1) is 19.7. The topological polar surface area (TPSA) is 49.7 Å². The second-order valence-electron chi connectivity index (χ2n) is 6.71. The SMILES string of the molecule is C=CCCCCCCC[C@@H](O)[C@@H]1C[C@@H](O)[C@@H](CCCCC)O1. The number of allylic oxidation sites excluding steroid dienone is 1. The molecule has 3 heteroatoms. The Hall–Kier alpha value is -0.380. The average Bonchev–Trinajstić information content (AvgIpc) is 2.88. The van der Waals surface area contributed by atoms with Crippen molar-refractivity contribution in [3.05, 3.63) is 12.7 Å². The lowest BCUT2D eigenvalue weighted by Crippen LogP contribution is -2.26. The van der Waals surface area contributed by atoms with Crippen molar-refractivity contribution in [1.82, 2.24) is 0 Å². The molecule has 0 spiro atoms. The van der Waals surface area contributed by atoms with Crippen molar-refractivity contribution in [1.29, 1.82) is 0 Å². The maximum atomic E-state index is 10.2. The Balaban J connectivity index is 2.10. The third-order valence-corrected chi connectivity index (χ3v) is 4.68. The van der Waals surface area contributed by atoms with Crippen molar-refractivity contribution in [2.45, 2.75) is 108 Å². The van der Waals surface area contributed by atoms with Gasteiger partial charge in [0, 0.05) is 6.42 Å². The highest BCUT2D eigenvalue weighted by Crippen LogP contribution is 2.28. The van der Waals surface area contributed by atoms with Crippen molar-refractivity contribution in [3.63, 3.8) is 0 Å². The smallest absolute Gasteiger partial charge is 0.0864 e. The molecule has 0 aliphatic carbocycles. The van der Waals surface area contributed by atoms with Crippen LogP contribution in [0.2, 0.25) is 0 Å². The van der Waals surface area contributed by atoms with Gasteiger partial charge < -0.3 is 14.9 Å². The van der Waals surface area contributed by atoms with Crippen LogP contribution in [0.3, 0.4) is 0 Å². The van der Waals surface area contributed by atoms with E-state index in [1.165, 1.54) is 38.5 Å². The van der Waals surface area contributed by atoms with Gasteiger partial charge in [0.2, 0.25) is 0 Å². The molecule has 0 saturated carbocycles. The van der Waals surface area contributed by atoms with Crippen LogP contribution >= 0.6 is 0 Å². The van der Waals surface area contributed by atoms with E-state index in [1.54, 1.807) is 0 Å². The van der Waals surface area contributed by atoms with Gasteiger partial charge in [-0.05, 0) is 25.7 Å². The van der Waals surface area contributed by atoms with E-state index in [0.717, 1.165) is 32.1 Å². The van der Waals surface area contributed by atoms with Gasteiger partial charge in [0.1, 0.15) is 0 Å². The van der Waals surface area contributed by atoms with Crippen LogP contribution in [-0.2, 0) is 4.74 Å². The van der Waals surface area contributed by atoms with E-state index >= 15 is 0 Å². The van der Waals surface area contributed by atoms with E-state index in [9.17, 15) is 10.2 Å². The Bertz CT molecular complexity index is 280. The number of hydrogen-bond donors (Lipinski definition) is 2. The van der Waals surface area contributed by atoms with Crippen molar-refractivity contribution in [3.8, 4) is 0 Å². The number of ether oxygens (including phenoxy) is 1. The molecule has 0 bridgehead atoms. The largest absolute Gasteiger partial charge is 0.390 e. The summed E-state index contributed by atoms with van der Waals surface area (Å²) in [6, 6.07) is 0. The first-order chi connectivity index (χ1) is 10.7. The minimum atomic E-state index is -0.418. The molecule has 0 aromatic rings. The molecule has 22 heavy (non-hydrogen) atoms. The second-order valence-corrected chi connectivity index (χ2v) is 6.71. The van der Waals surface area contributed by atoms with Gasteiger partial charge in [0.25, 0.3) is 0 Å². The van der Waals surface area contributed by atoms with Crippen LogP contribution < -0.4 is 0 Å². The fourth-order valence-corrected chi connectivity index (χ4v) is 3.22. The highest BCUT2D eigenvalue weighted by atomic mass is 16.5. The van der Waals surface area contributed by atoms with Crippen LogP contribution in [-0.4, -0.2) is 34.6 Å². The summed E-state index contributed by atoms with van der Waals surface area (Å²) in [5, 5.41) is 20.3. The van der Waals surface area contributed by atoms with Crippen molar-refractivity contribution < 1.29 is 14.9 Å². The quantitative estimate of drug-likeness (QED) is 0.392. The van der Waals surface area contributed by atoms with Gasteiger partial charge in [-0.3, -0.25) is 0 Å². The number of aliphatic hydroxyl groups is 2. The maximum absolute atomic E-state index is 10.2. The summed E-state index contributed by atoms with van der Waals surface area (Å²) >= 11 is 0. The van der Waals surface area contributed by atoms with Crippen LogP contribution in [0.1, 0.15) is 84.0 Å². The monoisotopic (exact) mass is 312 g/mol. The Morgan fingerprint density at radius 3 is 2.59 bits per heavy atom. The molecule has 2 N–H and O–H groups in total. The molecule has 0 amide bonds. The molecule has 1 saturated heterocycles. The van der Waals surface area contributed by atoms with E-state index in [4.69, 9.17) is 4.74 Å². The molecule has 1 aliphatic heterocycles. The molecule has 1 fully saturated rings. The van der Waals surface area contributed by atoms with Gasteiger partial charge in [-0.15, -0.1) is 6.58 Å². The van der Waals surface area contributed by atoms with Gasteiger partial charge in [0.05, 0.1) is 24.4 Å². The van der Waals surface area contributed by atoms with E-state index in [1.807, 2.05) is 6.08 Å². The van der Waals surface area contributed by atoms with E-state index in [0.29, 0.717) is 6.42 Å². The first-order valence-electron chi connectivity index (χ1n) is 9.31. The Kier molecular flexibility index (Phi) is 10.8. The molecule has 0 unspecified atom stereocenters. The highest BCUT2D eigenvalue weighted by molar-refractivity contribution is 4.85. The normalized spacial score (nSPS) is 26.2. The molecule has 130 valence electrons. The first-order valence-corrected chi connectivity index (χ1v) is 9.31. The van der Waals surface area contributed by atoms with Gasteiger partial charge in [-0.25, -0.2) is 0 Å². The van der Waals surface area contributed by atoms with Crippen LogP contribution in [0, 0.1) is 0 Å². The summed E-state index contributed by atoms with van der Waals surface area (Å²) in [7, 11) is 0. The molecular weight excluding hydrogens is 276 g/mol. The fourth-order valence-electron chi connectivity index (χ4n) is 3.22. The Morgan fingerprint density at radius 1 is 1.14 bits per heavy atom. The summed E-state index contributed by atoms with van der Waals surface area (Å²) in [5.74, 6) is 0. The van der Waals surface area contributed by atoms with Gasteiger partial charge in [-0.1, -0.05) is 57.9 Å². The number of hydrogen-bond acceptors (Lipinski definition) is 3. The predicted octanol–water partition coefficient (Wildman–Crippen LogP) is 4.36. The third-order valence-electron chi connectivity index (χ3n) is 4.68. The third kappa shape index (κ3) is 7.75. The predicted molar refractivity (Wildman–Crippen MR) is 91.9 cm³/mol. The molecule has 1 aliphatic rings. The number of aliphatic hydroxyl groups excluding tert-OH is 2. The minimum absolute atomic E-state index is 0.0647. The summed E-state index contributed by atoms with van der Waals surface area (Å²) in [4.78, 5) is 0. The van der Waals surface area contributed by atoms with Gasteiger partial charge >= 0.3 is 0 Å². The summed E-state index contributed by atoms with van der Waals surface area (Å²) in [5.41, 5.74) is 0. The minimum Gasteiger partial charge on any atom is -0.390 e. The van der Waals surface area contributed by atoms with Crippen molar-refractivity contribution in [2.24, 2.45) is 0 Å². The fraction of sp³-hybridized carbons (Fsp3) is 0.895. The maximum Gasteiger partial charge on any atom is 0.0864 e. The molecule has 0 aromatic heterocycles.